The van der Waals surface area contributed by atoms with Crippen LogP contribution >= 0.6 is 0 Å². The second-order valence-electron chi connectivity index (χ2n) is 10.4. The van der Waals surface area contributed by atoms with Gasteiger partial charge < -0.3 is 10.1 Å². The molecule has 0 saturated heterocycles. The monoisotopic (exact) mass is 389 g/mol. The van der Waals surface area contributed by atoms with Crippen molar-refractivity contribution in [3.63, 3.8) is 0 Å². The minimum Gasteiger partial charge on any atom is -0.373 e. The van der Waals surface area contributed by atoms with E-state index in [0.29, 0.717) is 11.8 Å². The molecule has 2 rings (SSSR count). The molecule has 2 saturated carbocycles. The van der Waals surface area contributed by atoms with Crippen LogP contribution < -0.4 is 5.32 Å². The van der Waals surface area contributed by atoms with Crippen molar-refractivity contribution in [1.29, 1.82) is 0 Å². The van der Waals surface area contributed by atoms with E-state index in [1.165, 1.54) is 43.3 Å². The molecule has 0 aromatic carbocycles. The highest BCUT2D eigenvalue weighted by molar-refractivity contribution is 5.04. The molecule has 162 valence electrons. The number of ether oxygens (including phenoxy) is 1. The molecule has 5 unspecified atom stereocenters. The fourth-order valence-corrected chi connectivity index (χ4v) is 6.20. The van der Waals surface area contributed by atoms with Crippen molar-refractivity contribution in [2.75, 3.05) is 19.7 Å². The number of rotatable bonds is 10. The fraction of sp³-hybridized carbons (Fsp3) is 0.846. The van der Waals surface area contributed by atoms with Gasteiger partial charge >= 0.3 is 0 Å². The summed E-state index contributed by atoms with van der Waals surface area (Å²) in [4.78, 5) is 0. The van der Waals surface area contributed by atoms with Gasteiger partial charge in [0.1, 0.15) is 0 Å². The Balaban J connectivity index is 1.80. The Morgan fingerprint density at radius 3 is 2.50 bits per heavy atom. The fourth-order valence-electron chi connectivity index (χ4n) is 6.20. The summed E-state index contributed by atoms with van der Waals surface area (Å²) in [7, 11) is 0. The van der Waals surface area contributed by atoms with Gasteiger partial charge in [0, 0.05) is 13.1 Å². The molecular formula is C26H47NO. The van der Waals surface area contributed by atoms with E-state index in [2.05, 4.69) is 65.9 Å². The lowest BCUT2D eigenvalue weighted by molar-refractivity contribution is -0.190. The molecule has 0 spiro atoms. The van der Waals surface area contributed by atoms with Gasteiger partial charge in [-0.15, -0.1) is 0 Å². The molecule has 2 heteroatoms. The van der Waals surface area contributed by atoms with E-state index < -0.39 is 0 Å². The Labute approximate surface area is 175 Å². The van der Waals surface area contributed by atoms with E-state index in [4.69, 9.17) is 4.74 Å². The highest BCUT2D eigenvalue weighted by Crippen LogP contribution is 2.54. The van der Waals surface area contributed by atoms with Crippen LogP contribution in [0.1, 0.15) is 87.0 Å². The Morgan fingerprint density at radius 2 is 1.82 bits per heavy atom. The molecule has 0 amide bonds. The van der Waals surface area contributed by atoms with Gasteiger partial charge in [0.15, 0.2) is 0 Å². The average Bonchev–Trinajstić information content (AvgIpc) is 2.59. The number of fused-ring (bicyclic) bond motifs is 2. The van der Waals surface area contributed by atoms with E-state index in [1.54, 1.807) is 0 Å². The largest absolute Gasteiger partial charge is 0.373 e. The number of nitrogens with one attached hydrogen (secondary N) is 1. The van der Waals surface area contributed by atoms with Crippen molar-refractivity contribution in [2.24, 2.45) is 29.6 Å². The first kappa shape index (κ1) is 23.7. The van der Waals surface area contributed by atoms with Crippen LogP contribution in [0.4, 0.5) is 0 Å². The molecule has 0 aromatic heterocycles. The lowest BCUT2D eigenvalue weighted by Gasteiger charge is -2.56. The van der Waals surface area contributed by atoms with Crippen molar-refractivity contribution in [2.45, 2.75) is 92.6 Å². The van der Waals surface area contributed by atoms with Gasteiger partial charge in [-0.2, -0.15) is 0 Å². The zero-order valence-corrected chi connectivity index (χ0v) is 19.8. The normalized spacial score (nSPS) is 33.2. The number of hydrogen-bond donors (Lipinski definition) is 1. The van der Waals surface area contributed by atoms with Crippen LogP contribution in [0.15, 0.2) is 23.3 Å². The summed E-state index contributed by atoms with van der Waals surface area (Å²) in [5.41, 5.74) is 2.98. The molecule has 2 fully saturated rings. The van der Waals surface area contributed by atoms with Crippen LogP contribution in [0, 0.1) is 29.6 Å². The molecule has 2 aliphatic carbocycles. The van der Waals surface area contributed by atoms with Crippen LogP contribution in [0.25, 0.3) is 0 Å². The Bertz CT molecular complexity index is 527. The molecule has 5 atom stereocenters. The van der Waals surface area contributed by atoms with E-state index in [0.717, 1.165) is 43.9 Å². The molecule has 1 N–H and O–H groups in total. The maximum absolute atomic E-state index is 6.79. The Kier molecular flexibility index (Phi) is 9.28. The summed E-state index contributed by atoms with van der Waals surface area (Å²) in [5, 5.41) is 3.57. The van der Waals surface area contributed by atoms with Crippen molar-refractivity contribution in [3.05, 3.63) is 23.3 Å². The topological polar surface area (TPSA) is 21.3 Å². The summed E-state index contributed by atoms with van der Waals surface area (Å²) in [6.45, 7) is 19.0. The minimum atomic E-state index is 0.0863. The van der Waals surface area contributed by atoms with Crippen molar-refractivity contribution in [3.8, 4) is 0 Å². The SMILES string of the molecule is CC(C)=CCC/C(C)=C/CNCCOC1(C(C)C)C(C)CC2CC(C)CC1C2. The van der Waals surface area contributed by atoms with Crippen molar-refractivity contribution >= 4 is 0 Å². The third kappa shape index (κ3) is 6.20. The first-order valence-electron chi connectivity index (χ1n) is 11.9. The third-order valence-corrected chi connectivity index (χ3v) is 7.36. The smallest absolute Gasteiger partial charge is 0.0759 e. The van der Waals surface area contributed by atoms with Gasteiger partial charge in [0.25, 0.3) is 0 Å². The average molecular weight is 390 g/mol. The van der Waals surface area contributed by atoms with Crippen molar-refractivity contribution < 1.29 is 4.74 Å². The van der Waals surface area contributed by atoms with Gasteiger partial charge in [-0.1, -0.05) is 51.0 Å². The second kappa shape index (κ2) is 11.0. The first-order valence-corrected chi connectivity index (χ1v) is 11.9. The van der Waals surface area contributed by atoms with Crippen LogP contribution in [0.2, 0.25) is 0 Å². The molecule has 0 aliphatic heterocycles. The molecule has 28 heavy (non-hydrogen) atoms. The quantitative estimate of drug-likeness (QED) is 0.329. The minimum absolute atomic E-state index is 0.0863. The van der Waals surface area contributed by atoms with E-state index in [-0.39, 0.29) is 5.60 Å². The third-order valence-electron chi connectivity index (χ3n) is 7.36. The standard InChI is InChI=1S/C26H47NO/c1-19(2)9-8-10-21(5)11-12-27-13-14-28-26(20(3)4)23(7)17-24-15-22(6)16-25(26)18-24/h9,11,20,22-25,27H,8,10,12-18H2,1-7H3/b21-11+. The molecule has 0 radical (unpaired) electrons. The van der Waals surface area contributed by atoms with Crippen LogP contribution in [-0.4, -0.2) is 25.3 Å². The summed E-state index contributed by atoms with van der Waals surface area (Å²) in [6.07, 6.45) is 12.5. The van der Waals surface area contributed by atoms with Gasteiger partial charge in [0.05, 0.1) is 12.2 Å². The molecule has 2 aliphatic rings. The highest BCUT2D eigenvalue weighted by Gasteiger charge is 2.53. The summed E-state index contributed by atoms with van der Waals surface area (Å²) >= 11 is 0. The Morgan fingerprint density at radius 1 is 1.07 bits per heavy atom. The Hall–Kier alpha value is -0.600. The molecular weight excluding hydrogens is 342 g/mol. The van der Waals surface area contributed by atoms with Gasteiger partial charge in [-0.05, 0) is 88.9 Å². The number of hydrogen-bond acceptors (Lipinski definition) is 2. The summed E-state index contributed by atoms with van der Waals surface area (Å²) < 4.78 is 6.79. The number of allylic oxidation sites excluding steroid dienone is 3. The summed E-state index contributed by atoms with van der Waals surface area (Å²) in [5.74, 6) is 3.84. The molecule has 2 bridgehead atoms. The van der Waals surface area contributed by atoms with Gasteiger partial charge in [-0.3, -0.25) is 0 Å². The van der Waals surface area contributed by atoms with Crippen molar-refractivity contribution in [1.82, 2.24) is 5.32 Å². The predicted octanol–water partition coefficient (Wildman–Crippen LogP) is 6.77. The second-order valence-corrected chi connectivity index (χ2v) is 10.4. The van der Waals surface area contributed by atoms with Gasteiger partial charge in [0.2, 0.25) is 0 Å². The van der Waals surface area contributed by atoms with E-state index in [1.807, 2.05) is 0 Å². The lowest BCUT2D eigenvalue weighted by Crippen LogP contribution is -2.57. The molecule has 2 nitrogen and oxygen atoms in total. The molecule has 0 aromatic rings. The zero-order valence-electron chi connectivity index (χ0n) is 19.8. The van der Waals surface area contributed by atoms with Crippen LogP contribution in [0.5, 0.6) is 0 Å². The maximum Gasteiger partial charge on any atom is 0.0759 e. The first-order chi connectivity index (χ1) is 13.3. The van der Waals surface area contributed by atoms with Crippen LogP contribution in [0.3, 0.4) is 0 Å². The molecule has 0 heterocycles. The zero-order chi connectivity index (χ0) is 20.7. The summed E-state index contributed by atoms with van der Waals surface area (Å²) in [6, 6.07) is 0. The maximum atomic E-state index is 6.79. The van der Waals surface area contributed by atoms with Crippen LogP contribution in [-0.2, 0) is 4.74 Å². The van der Waals surface area contributed by atoms with E-state index >= 15 is 0 Å². The predicted molar refractivity (Wildman–Crippen MR) is 123 cm³/mol. The lowest BCUT2D eigenvalue weighted by atomic mass is 9.55. The highest BCUT2D eigenvalue weighted by atomic mass is 16.5. The van der Waals surface area contributed by atoms with E-state index in [9.17, 15) is 0 Å². The van der Waals surface area contributed by atoms with Gasteiger partial charge in [-0.25, -0.2) is 0 Å².